The van der Waals surface area contributed by atoms with Gasteiger partial charge in [-0.05, 0) is 12.8 Å². The molecule has 1 atom stereocenters. The van der Waals surface area contributed by atoms with Crippen molar-refractivity contribution in [1.82, 2.24) is 14.1 Å². The lowest BCUT2D eigenvalue weighted by Gasteiger charge is -2.22. The van der Waals surface area contributed by atoms with E-state index in [1.54, 1.807) is 0 Å². The first-order chi connectivity index (χ1) is 9.67. The Hall–Kier alpha value is -1.13. The third-order valence-corrected chi connectivity index (χ3v) is 7.26. The van der Waals surface area contributed by atoms with Crippen LogP contribution in [0.25, 0.3) is 0 Å². The maximum absolute atomic E-state index is 12.6. The Kier molecular flexibility index (Phi) is 4.31. The number of sulfonamides is 1. The second-order valence-electron chi connectivity index (χ2n) is 5.22. The molecule has 2 heterocycles. The molecule has 0 aliphatic carbocycles. The number of rotatable bonds is 5. The molecule has 21 heavy (non-hydrogen) atoms. The van der Waals surface area contributed by atoms with E-state index >= 15 is 0 Å². The van der Waals surface area contributed by atoms with Gasteiger partial charge in [0.25, 0.3) is 0 Å². The second-order valence-corrected chi connectivity index (χ2v) is 9.41. The van der Waals surface area contributed by atoms with Gasteiger partial charge in [0.05, 0.1) is 11.5 Å². The highest BCUT2D eigenvalue weighted by atomic mass is 32.2. The number of anilines is 1. The summed E-state index contributed by atoms with van der Waals surface area (Å²) in [6, 6.07) is -0.547. The molecule has 1 aliphatic rings. The smallest absolute Gasteiger partial charge is 0.248 e. The molecule has 1 saturated heterocycles. The lowest BCUT2D eigenvalue weighted by atomic mass is 10.3. The van der Waals surface area contributed by atoms with Crippen LogP contribution in [0.3, 0.4) is 0 Å². The van der Waals surface area contributed by atoms with Gasteiger partial charge in [0.15, 0.2) is 15.7 Å². The van der Waals surface area contributed by atoms with Crippen molar-refractivity contribution in [2.45, 2.75) is 37.2 Å². The minimum absolute atomic E-state index is 0.0160. The van der Waals surface area contributed by atoms with Crippen LogP contribution in [0.1, 0.15) is 19.8 Å². The van der Waals surface area contributed by atoms with E-state index in [4.69, 9.17) is 5.73 Å². The fraction of sp³-hybridized carbons (Fsp3) is 0.727. The predicted octanol–water partition coefficient (Wildman–Crippen LogP) is -0.317. The Labute approximate surface area is 124 Å². The molecule has 1 fully saturated rings. The van der Waals surface area contributed by atoms with Crippen LogP contribution in [0, 0.1) is 0 Å². The molecule has 1 aromatic heterocycles. The van der Waals surface area contributed by atoms with E-state index in [9.17, 15) is 16.8 Å². The summed E-state index contributed by atoms with van der Waals surface area (Å²) in [7, 11) is -5.61. The van der Waals surface area contributed by atoms with E-state index in [0.717, 1.165) is 10.7 Å². The highest BCUT2D eigenvalue weighted by molar-refractivity contribution is 7.92. The highest BCUT2D eigenvalue weighted by Gasteiger charge is 2.37. The molecular formula is C11H20N4O4S2. The summed E-state index contributed by atoms with van der Waals surface area (Å²) < 4.78 is 50.7. The number of nitrogen functional groups attached to an aromatic ring is 1. The Morgan fingerprint density at radius 2 is 2.19 bits per heavy atom. The van der Waals surface area contributed by atoms with E-state index in [-0.39, 0.29) is 22.2 Å². The molecular weight excluding hydrogens is 316 g/mol. The van der Waals surface area contributed by atoms with Gasteiger partial charge in [-0.25, -0.2) is 16.8 Å². The standard InChI is InChI=1S/C11H20N4O4S2/c1-3-5-15-7-10(11(12)13-15)21(18,19)14(2)9-4-6-20(16,17)8-9/h7,9H,3-6,8H2,1-2H3,(H2,12,13). The second kappa shape index (κ2) is 5.58. The molecule has 1 aromatic rings. The van der Waals surface area contributed by atoms with Crippen LogP contribution in [-0.2, 0) is 26.4 Å². The van der Waals surface area contributed by atoms with Crippen molar-refractivity contribution in [2.75, 3.05) is 24.3 Å². The monoisotopic (exact) mass is 336 g/mol. The molecule has 8 nitrogen and oxygen atoms in total. The van der Waals surface area contributed by atoms with Gasteiger partial charge in [-0.15, -0.1) is 0 Å². The summed E-state index contributed by atoms with van der Waals surface area (Å²) in [6.45, 7) is 2.52. The van der Waals surface area contributed by atoms with E-state index in [1.165, 1.54) is 17.9 Å². The summed E-state index contributed by atoms with van der Waals surface area (Å²) in [5.41, 5.74) is 5.69. The van der Waals surface area contributed by atoms with Crippen molar-refractivity contribution in [1.29, 1.82) is 0 Å². The van der Waals surface area contributed by atoms with Crippen molar-refractivity contribution >= 4 is 25.7 Å². The van der Waals surface area contributed by atoms with Gasteiger partial charge in [-0.2, -0.15) is 9.40 Å². The molecule has 0 saturated carbocycles. The third-order valence-electron chi connectivity index (χ3n) is 3.59. The van der Waals surface area contributed by atoms with Crippen LogP contribution >= 0.6 is 0 Å². The average Bonchev–Trinajstić information content (AvgIpc) is 2.92. The minimum Gasteiger partial charge on any atom is -0.381 e. The fourth-order valence-corrected chi connectivity index (χ4v) is 5.69. The van der Waals surface area contributed by atoms with Crippen LogP contribution in [0.4, 0.5) is 5.82 Å². The first kappa shape index (κ1) is 16.2. The van der Waals surface area contributed by atoms with Gasteiger partial charge in [0.1, 0.15) is 4.90 Å². The normalized spacial score (nSPS) is 22.0. The molecule has 1 unspecified atom stereocenters. The topological polar surface area (TPSA) is 115 Å². The van der Waals surface area contributed by atoms with Crippen molar-refractivity contribution in [3.63, 3.8) is 0 Å². The summed E-state index contributed by atoms with van der Waals surface area (Å²) >= 11 is 0. The Morgan fingerprint density at radius 3 is 2.71 bits per heavy atom. The fourth-order valence-electron chi connectivity index (χ4n) is 2.37. The lowest BCUT2D eigenvalue weighted by molar-refractivity contribution is 0.394. The number of hydrogen-bond donors (Lipinski definition) is 1. The number of aryl methyl sites for hydroxylation is 1. The van der Waals surface area contributed by atoms with Gasteiger partial charge in [-0.1, -0.05) is 6.92 Å². The maximum Gasteiger partial charge on any atom is 0.248 e. The molecule has 10 heteroatoms. The predicted molar refractivity (Wildman–Crippen MR) is 78.9 cm³/mol. The van der Waals surface area contributed by atoms with Crippen molar-refractivity contribution in [3.05, 3.63) is 6.20 Å². The molecule has 1 aliphatic heterocycles. The maximum atomic E-state index is 12.6. The number of sulfone groups is 1. The number of nitrogens with two attached hydrogens (primary N) is 1. The van der Waals surface area contributed by atoms with Crippen molar-refractivity contribution in [3.8, 4) is 0 Å². The van der Waals surface area contributed by atoms with Gasteiger partial charge < -0.3 is 5.73 Å². The summed E-state index contributed by atoms with van der Waals surface area (Å²) in [5.74, 6) is -0.190. The Morgan fingerprint density at radius 1 is 1.52 bits per heavy atom. The van der Waals surface area contributed by atoms with Gasteiger partial charge in [-0.3, -0.25) is 4.68 Å². The highest BCUT2D eigenvalue weighted by Crippen LogP contribution is 2.26. The zero-order valence-corrected chi connectivity index (χ0v) is 13.7. The quantitative estimate of drug-likeness (QED) is 0.788. The number of aromatic nitrogens is 2. The molecule has 0 bridgehead atoms. The number of hydrogen-bond acceptors (Lipinski definition) is 6. The minimum atomic E-state index is -3.84. The van der Waals surface area contributed by atoms with E-state index in [1.807, 2.05) is 6.92 Å². The van der Waals surface area contributed by atoms with Crippen LogP contribution in [0.2, 0.25) is 0 Å². The molecule has 0 aromatic carbocycles. The van der Waals surface area contributed by atoms with E-state index in [0.29, 0.717) is 13.0 Å². The molecule has 0 amide bonds. The summed E-state index contributed by atoms with van der Waals surface area (Å²) in [6.07, 6.45) is 2.51. The average molecular weight is 336 g/mol. The van der Waals surface area contributed by atoms with Crippen LogP contribution in [0.5, 0.6) is 0 Å². The Balaban J connectivity index is 2.29. The number of nitrogens with zero attached hydrogens (tertiary/aromatic N) is 3. The van der Waals surface area contributed by atoms with Gasteiger partial charge >= 0.3 is 0 Å². The SMILES string of the molecule is CCCn1cc(S(=O)(=O)N(C)C2CCS(=O)(=O)C2)c(N)n1. The van der Waals surface area contributed by atoms with Crippen molar-refractivity contribution < 1.29 is 16.8 Å². The lowest BCUT2D eigenvalue weighted by Crippen LogP contribution is -2.37. The molecule has 0 spiro atoms. The largest absolute Gasteiger partial charge is 0.381 e. The molecule has 120 valence electrons. The van der Waals surface area contributed by atoms with Crippen LogP contribution in [0.15, 0.2) is 11.1 Å². The van der Waals surface area contributed by atoms with E-state index < -0.39 is 25.9 Å². The zero-order valence-electron chi connectivity index (χ0n) is 12.1. The van der Waals surface area contributed by atoms with Crippen molar-refractivity contribution in [2.24, 2.45) is 0 Å². The van der Waals surface area contributed by atoms with Gasteiger partial charge in [0, 0.05) is 25.8 Å². The van der Waals surface area contributed by atoms with Crippen LogP contribution < -0.4 is 5.73 Å². The first-order valence-electron chi connectivity index (χ1n) is 6.69. The van der Waals surface area contributed by atoms with Gasteiger partial charge in [0.2, 0.25) is 10.0 Å². The molecule has 2 rings (SSSR count). The Bertz CT molecular complexity index is 723. The third kappa shape index (κ3) is 3.22. The van der Waals surface area contributed by atoms with E-state index in [2.05, 4.69) is 5.10 Å². The molecule has 0 radical (unpaired) electrons. The summed E-state index contributed by atoms with van der Waals surface area (Å²) in [5, 5.41) is 3.97. The molecule has 2 N–H and O–H groups in total. The summed E-state index contributed by atoms with van der Waals surface area (Å²) in [4.78, 5) is -0.0669. The zero-order chi connectivity index (χ0) is 15.8. The van der Waals surface area contributed by atoms with Crippen LogP contribution in [-0.4, -0.2) is 55.5 Å². The first-order valence-corrected chi connectivity index (χ1v) is 9.95.